The van der Waals surface area contributed by atoms with E-state index in [0.29, 0.717) is 5.56 Å². The summed E-state index contributed by atoms with van der Waals surface area (Å²) in [5.74, 6) is -1.26. The van der Waals surface area contributed by atoms with E-state index in [1.165, 1.54) is 12.3 Å². The van der Waals surface area contributed by atoms with E-state index < -0.39 is 16.0 Å². The second-order valence-corrected chi connectivity index (χ2v) is 7.12. The number of benzene rings is 1. The van der Waals surface area contributed by atoms with Gasteiger partial charge < -0.3 is 5.11 Å². The smallest absolute Gasteiger partial charge is 0.354 e. The van der Waals surface area contributed by atoms with E-state index in [2.05, 4.69) is 9.71 Å². The molecule has 1 aromatic carbocycles. The average Bonchev–Trinajstić information content (AvgIpc) is 2.54. The fraction of sp³-hybridized carbons (Fsp3) is 0.250. The lowest BCUT2D eigenvalue weighted by atomic mass is 10.0. The van der Waals surface area contributed by atoms with Gasteiger partial charge in [-0.15, -0.1) is 0 Å². The molecule has 0 aliphatic carbocycles. The lowest BCUT2D eigenvalue weighted by molar-refractivity contribution is 0.0690. The molecule has 0 amide bonds. The molecule has 7 heteroatoms. The SMILES string of the molecule is CC(CS(=O)(=O)NCc1ccc(C(=O)O)nc1)c1ccccc1. The second kappa shape index (κ2) is 7.34. The lowest BCUT2D eigenvalue weighted by Crippen LogP contribution is -2.28. The number of carboxylic acid groups (broad SMARTS) is 1. The molecule has 0 saturated heterocycles. The number of nitrogens with zero attached hydrogens (tertiary/aromatic N) is 1. The van der Waals surface area contributed by atoms with Crippen LogP contribution in [0.15, 0.2) is 48.7 Å². The molecule has 1 heterocycles. The van der Waals surface area contributed by atoms with E-state index in [9.17, 15) is 13.2 Å². The number of pyridine rings is 1. The zero-order valence-electron chi connectivity index (χ0n) is 12.6. The molecule has 0 radical (unpaired) electrons. The molecule has 1 atom stereocenters. The summed E-state index contributed by atoms with van der Waals surface area (Å²) in [6.45, 7) is 1.94. The van der Waals surface area contributed by atoms with Crippen molar-refractivity contribution < 1.29 is 18.3 Å². The number of hydrogen-bond acceptors (Lipinski definition) is 4. The molecule has 0 bridgehead atoms. The van der Waals surface area contributed by atoms with Crippen LogP contribution in [0.25, 0.3) is 0 Å². The molecule has 1 aromatic heterocycles. The van der Waals surface area contributed by atoms with Gasteiger partial charge in [0.1, 0.15) is 5.69 Å². The van der Waals surface area contributed by atoms with Crippen LogP contribution in [-0.4, -0.2) is 30.2 Å². The summed E-state index contributed by atoms with van der Waals surface area (Å²) >= 11 is 0. The quantitative estimate of drug-likeness (QED) is 0.807. The molecular weight excluding hydrogens is 316 g/mol. The number of carbonyl (C=O) groups is 1. The molecule has 0 aliphatic heterocycles. The largest absolute Gasteiger partial charge is 0.477 e. The van der Waals surface area contributed by atoms with Gasteiger partial charge >= 0.3 is 5.97 Å². The second-order valence-electron chi connectivity index (χ2n) is 5.27. The lowest BCUT2D eigenvalue weighted by Gasteiger charge is -2.13. The first-order chi connectivity index (χ1) is 10.9. The van der Waals surface area contributed by atoms with Crippen molar-refractivity contribution in [1.29, 1.82) is 0 Å². The minimum absolute atomic E-state index is 0.0162. The third-order valence-electron chi connectivity index (χ3n) is 3.38. The molecule has 0 fully saturated rings. The zero-order valence-corrected chi connectivity index (χ0v) is 13.5. The Hall–Kier alpha value is -2.25. The highest BCUT2D eigenvalue weighted by Crippen LogP contribution is 2.16. The van der Waals surface area contributed by atoms with Gasteiger partial charge in [-0.1, -0.05) is 43.3 Å². The topological polar surface area (TPSA) is 96.4 Å². The molecule has 6 nitrogen and oxygen atoms in total. The highest BCUT2D eigenvalue weighted by Gasteiger charge is 2.17. The Kier molecular flexibility index (Phi) is 5.46. The molecule has 1 unspecified atom stereocenters. The molecular formula is C16H18N2O4S. The Bertz CT molecular complexity index is 758. The first-order valence-electron chi connectivity index (χ1n) is 7.08. The summed E-state index contributed by atoms with van der Waals surface area (Å²) in [5.41, 5.74) is 1.49. The fourth-order valence-electron chi connectivity index (χ4n) is 2.11. The number of rotatable bonds is 7. The van der Waals surface area contributed by atoms with Gasteiger partial charge in [0.15, 0.2) is 0 Å². The Balaban J connectivity index is 1.94. The summed E-state index contributed by atoms with van der Waals surface area (Å²) in [5, 5.41) is 8.77. The van der Waals surface area contributed by atoms with Gasteiger partial charge in [-0.05, 0) is 23.1 Å². The number of aromatic nitrogens is 1. The van der Waals surface area contributed by atoms with E-state index in [-0.39, 0.29) is 23.9 Å². The average molecular weight is 334 g/mol. The van der Waals surface area contributed by atoms with Gasteiger partial charge in [0.2, 0.25) is 10.0 Å². The number of carboxylic acids is 1. The first kappa shape index (κ1) is 17.1. The van der Waals surface area contributed by atoms with Crippen molar-refractivity contribution in [3.05, 3.63) is 65.5 Å². The highest BCUT2D eigenvalue weighted by molar-refractivity contribution is 7.89. The number of nitrogens with one attached hydrogen (secondary N) is 1. The standard InChI is InChI=1S/C16H18N2O4S/c1-12(14-5-3-2-4-6-14)11-23(21,22)18-10-13-7-8-15(16(19)20)17-9-13/h2-9,12,18H,10-11H2,1H3,(H,19,20). The summed E-state index contributed by atoms with van der Waals surface area (Å²) in [6, 6.07) is 12.3. The zero-order chi connectivity index (χ0) is 16.9. The van der Waals surface area contributed by atoms with Crippen molar-refractivity contribution in [1.82, 2.24) is 9.71 Å². The van der Waals surface area contributed by atoms with Crippen molar-refractivity contribution >= 4 is 16.0 Å². The summed E-state index contributed by atoms with van der Waals surface area (Å²) in [6.07, 6.45) is 1.35. The maximum Gasteiger partial charge on any atom is 0.354 e. The molecule has 2 aromatic rings. The predicted octanol–water partition coefficient (Wildman–Crippen LogP) is 2.00. The van der Waals surface area contributed by atoms with Crippen LogP contribution in [-0.2, 0) is 16.6 Å². The van der Waals surface area contributed by atoms with Gasteiger partial charge in [-0.25, -0.2) is 22.9 Å². The third kappa shape index (κ3) is 5.15. The number of aromatic carboxylic acids is 1. The maximum absolute atomic E-state index is 12.1. The Morgan fingerprint density at radius 1 is 1.22 bits per heavy atom. The molecule has 23 heavy (non-hydrogen) atoms. The predicted molar refractivity (Wildman–Crippen MR) is 86.7 cm³/mol. The van der Waals surface area contributed by atoms with Gasteiger partial charge in [0.25, 0.3) is 0 Å². The van der Waals surface area contributed by atoms with E-state index in [1.807, 2.05) is 37.3 Å². The van der Waals surface area contributed by atoms with Crippen LogP contribution in [0.2, 0.25) is 0 Å². The molecule has 2 rings (SSSR count). The molecule has 0 spiro atoms. The van der Waals surface area contributed by atoms with Gasteiger partial charge in [-0.3, -0.25) is 0 Å². The number of hydrogen-bond donors (Lipinski definition) is 2. The van der Waals surface area contributed by atoms with Crippen LogP contribution in [0.4, 0.5) is 0 Å². The van der Waals surface area contributed by atoms with E-state index in [0.717, 1.165) is 5.56 Å². The Labute approximate surface area is 135 Å². The molecule has 122 valence electrons. The van der Waals surface area contributed by atoms with E-state index in [4.69, 9.17) is 5.11 Å². The molecule has 0 aliphatic rings. The van der Waals surface area contributed by atoms with Gasteiger partial charge in [0, 0.05) is 12.7 Å². The first-order valence-corrected chi connectivity index (χ1v) is 8.73. The van der Waals surface area contributed by atoms with E-state index in [1.54, 1.807) is 6.07 Å². The third-order valence-corrected chi connectivity index (χ3v) is 4.90. The van der Waals surface area contributed by atoms with Crippen LogP contribution in [0.3, 0.4) is 0 Å². The normalized spacial score (nSPS) is 12.7. The van der Waals surface area contributed by atoms with Crippen molar-refractivity contribution in [2.75, 3.05) is 5.75 Å². The molecule has 2 N–H and O–H groups in total. The van der Waals surface area contributed by atoms with Crippen molar-refractivity contribution in [2.45, 2.75) is 19.4 Å². The maximum atomic E-state index is 12.1. The minimum Gasteiger partial charge on any atom is -0.477 e. The van der Waals surface area contributed by atoms with Crippen LogP contribution in [0, 0.1) is 0 Å². The van der Waals surface area contributed by atoms with Crippen LogP contribution in [0.5, 0.6) is 0 Å². The molecule has 0 saturated carbocycles. The summed E-state index contributed by atoms with van der Waals surface area (Å²) in [4.78, 5) is 14.5. The Morgan fingerprint density at radius 2 is 1.91 bits per heavy atom. The van der Waals surface area contributed by atoms with Crippen molar-refractivity contribution in [2.24, 2.45) is 0 Å². The van der Waals surface area contributed by atoms with Gasteiger partial charge in [0.05, 0.1) is 5.75 Å². The van der Waals surface area contributed by atoms with Crippen LogP contribution < -0.4 is 4.72 Å². The van der Waals surface area contributed by atoms with Crippen LogP contribution >= 0.6 is 0 Å². The Morgan fingerprint density at radius 3 is 2.48 bits per heavy atom. The van der Waals surface area contributed by atoms with Gasteiger partial charge in [-0.2, -0.15) is 0 Å². The van der Waals surface area contributed by atoms with Crippen molar-refractivity contribution in [3.63, 3.8) is 0 Å². The van der Waals surface area contributed by atoms with Crippen LogP contribution in [0.1, 0.15) is 34.5 Å². The fourth-order valence-corrected chi connectivity index (χ4v) is 3.47. The monoisotopic (exact) mass is 334 g/mol. The minimum atomic E-state index is -3.45. The van der Waals surface area contributed by atoms with Crippen molar-refractivity contribution in [3.8, 4) is 0 Å². The number of sulfonamides is 1. The summed E-state index contributed by atoms with van der Waals surface area (Å²) in [7, 11) is -3.45. The van der Waals surface area contributed by atoms with E-state index >= 15 is 0 Å². The summed E-state index contributed by atoms with van der Waals surface area (Å²) < 4.78 is 26.8. The highest BCUT2D eigenvalue weighted by atomic mass is 32.2.